The second-order valence-electron chi connectivity index (χ2n) is 4.09. The molecule has 1 aliphatic rings. The van der Waals surface area contributed by atoms with Crippen molar-refractivity contribution in [3.8, 4) is 0 Å². The lowest BCUT2D eigenvalue weighted by atomic mass is 10.1. The van der Waals surface area contributed by atoms with Gasteiger partial charge < -0.3 is 15.7 Å². The molecular weight excluding hydrogens is 253 g/mol. The number of rotatable bonds is 4. The molecule has 0 aromatic carbocycles. The molecule has 102 valence electrons. The molecule has 1 aliphatic carbocycles. The van der Waals surface area contributed by atoms with Crippen molar-refractivity contribution >= 4 is 11.9 Å². The van der Waals surface area contributed by atoms with E-state index in [0.29, 0.717) is 0 Å². The van der Waals surface area contributed by atoms with E-state index in [4.69, 9.17) is 10.8 Å². The van der Waals surface area contributed by atoms with Gasteiger partial charge in [0.05, 0.1) is 5.92 Å². The van der Waals surface area contributed by atoms with Gasteiger partial charge in [-0.15, -0.1) is 0 Å². The van der Waals surface area contributed by atoms with Crippen molar-refractivity contribution in [2.45, 2.75) is 18.6 Å². The van der Waals surface area contributed by atoms with E-state index in [0.717, 1.165) is 0 Å². The summed E-state index contributed by atoms with van der Waals surface area (Å²) in [5, 5.41) is 8.52. The molecule has 1 amide bonds. The third-order valence-electron chi connectivity index (χ3n) is 2.44. The van der Waals surface area contributed by atoms with Crippen molar-refractivity contribution in [2.24, 2.45) is 11.7 Å². The highest BCUT2D eigenvalue weighted by atomic mass is 19.4. The molecule has 0 aromatic rings. The number of carboxylic acid groups (broad SMARTS) is 1. The van der Waals surface area contributed by atoms with Crippen LogP contribution in [0.5, 0.6) is 0 Å². The number of nitrogens with two attached hydrogens (primary N) is 1. The molecule has 5 nitrogen and oxygen atoms in total. The van der Waals surface area contributed by atoms with Crippen LogP contribution in [-0.2, 0) is 9.59 Å². The molecule has 0 saturated heterocycles. The number of carbonyl (C=O) groups excluding carboxylic acids is 1. The third kappa shape index (κ3) is 4.36. The molecular formula is C10H13F3N2O3. The van der Waals surface area contributed by atoms with Crippen molar-refractivity contribution in [1.82, 2.24) is 4.90 Å². The van der Waals surface area contributed by atoms with Crippen LogP contribution >= 0.6 is 0 Å². The van der Waals surface area contributed by atoms with Gasteiger partial charge in [0.15, 0.2) is 0 Å². The van der Waals surface area contributed by atoms with Crippen molar-refractivity contribution in [2.75, 3.05) is 13.1 Å². The summed E-state index contributed by atoms with van der Waals surface area (Å²) in [5.41, 5.74) is 5.50. The van der Waals surface area contributed by atoms with Gasteiger partial charge in [0.2, 0.25) is 5.91 Å². The molecule has 1 rings (SSSR count). The molecule has 18 heavy (non-hydrogen) atoms. The second-order valence-corrected chi connectivity index (χ2v) is 4.09. The molecule has 0 aliphatic heterocycles. The van der Waals surface area contributed by atoms with Gasteiger partial charge in [-0.05, 0) is 6.42 Å². The minimum Gasteiger partial charge on any atom is -0.480 e. The topological polar surface area (TPSA) is 83.6 Å². The summed E-state index contributed by atoms with van der Waals surface area (Å²) in [7, 11) is 0. The Morgan fingerprint density at radius 3 is 2.39 bits per heavy atom. The summed E-state index contributed by atoms with van der Waals surface area (Å²) >= 11 is 0. The van der Waals surface area contributed by atoms with Gasteiger partial charge in [-0.1, -0.05) is 12.2 Å². The Morgan fingerprint density at radius 2 is 2.00 bits per heavy atom. The first-order chi connectivity index (χ1) is 8.19. The van der Waals surface area contributed by atoms with Crippen LogP contribution in [-0.4, -0.2) is 47.2 Å². The summed E-state index contributed by atoms with van der Waals surface area (Å²) in [6.45, 7) is -2.55. The van der Waals surface area contributed by atoms with Crippen molar-refractivity contribution in [3.05, 3.63) is 12.2 Å². The molecule has 2 atom stereocenters. The molecule has 0 aromatic heterocycles. The van der Waals surface area contributed by atoms with Gasteiger partial charge in [-0.2, -0.15) is 13.2 Å². The lowest BCUT2D eigenvalue weighted by Crippen LogP contribution is -2.44. The molecule has 8 heteroatoms. The zero-order valence-electron chi connectivity index (χ0n) is 9.35. The van der Waals surface area contributed by atoms with Crippen LogP contribution in [0.1, 0.15) is 6.42 Å². The number of hydrogen-bond acceptors (Lipinski definition) is 3. The van der Waals surface area contributed by atoms with E-state index in [1.807, 2.05) is 0 Å². The maximum Gasteiger partial charge on any atom is 0.406 e. The Kier molecular flexibility index (Phi) is 4.33. The molecule has 0 radical (unpaired) electrons. The SMILES string of the molecule is NC1C=CC(C(=O)N(CC(=O)O)CC(F)(F)F)C1. The first-order valence-corrected chi connectivity index (χ1v) is 5.20. The highest BCUT2D eigenvalue weighted by Crippen LogP contribution is 2.22. The van der Waals surface area contributed by atoms with E-state index in [1.54, 1.807) is 0 Å². The van der Waals surface area contributed by atoms with Crippen LogP contribution in [0.15, 0.2) is 12.2 Å². The number of carboxylic acids is 1. The van der Waals surface area contributed by atoms with Gasteiger partial charge in [0, 0.05) is 6.04 Å². The number of hydrogen-bond donors (Lipinski definition) is 2. The highest BCUT2D eigenvalue weighted by molar-refractivity contribution is 5.84. The highest BCUT2D eigenvalue weighted by Gasteiger charge is 2.36. The Balaban J connectivity index is 2.73. The predicted octanol–water partition coefficient (Wildman–Crippen LogP) is 0.365. The number of amides is 1. The molecule has 2 unspecified atom stereocenters. The first-order valence-electron chi connectivity index (χ1n) is 5.20. The fourth-order valence-electron chi connectivity index (χ4n) is 1.74. The van der Waals surface area contributed by atoms with E-state index >= 15 is 0 Å². The zero-order chi connectivity index (χ0) is 13.9. The molecule has 3 N–H and O–H groups in total. The number of aliphatic carboxylic acids is 1. The molecule has 0 spiro atoms. The minimum atomic E-state index is -4.63. The number of nitrogens with zero attached hydrogens (tertiary/aromatic N) is 1. The largest absolute Gasteiger partial charge is 0.480 e. The van der Waals surface area contributed by atoms with Crippen molar-refractivity contribution in [3.63, 3.8) is 0 Å². The van der Waals surface area contributed by atoms with Gasteiger partial charge >= 0.3 is 12.1 Å². The van der Waals surface area contributed by atoms with Crippen molar-refractivity contribution < 1.29 is 27.9 Å². The summed E-state index contributed by atoms with van der Waals surface area (Å²) in [6.07, 6.45) is -1.49. The van der Waals surface area contributed by atoms with E-state index in [9.17, 15) is 22.8 Å². The zero-order valence-corrected chi connectivity index (χ0v) is 9.35. The molecule has 0 fully saturated rings. The monoisotopic (exact) mass is 266 g/mol. The molecule has 0 heterocycles. The first kappa shape index (κ1) is 14.5. The van der Waals surface area contributed by atoms with Crippen LogP contribution in [0.3, 0.4) is 0 Å². The van der Waals surface area contributed by atoms with Crippen LogP contribution < -0.4 is 5.73 Å². The van der Waals surface area contributed by atoms with Gasteiger partial charge in [0.25, 0.3) is 0 Å². The number of halogens is 3. The average molecular weight is 266 g/mol. The fraction of sp³-hybridized carbons (Fsp3) is 0.600. The van der Waals surface area contributed by atoms with Crippen LogP contribution in [0, 0.1) is 5.92 Å². The Morgan fingerprint density at radius 1 is 1.39 bits per heavy atom. The standard InChI is InChI=1S/C10H13F3N2O3/c11-10(12,13)5-15(4-8(16)17)9(18)6-1-2-7(14)3-6/h1-2,6-7H,3-5,14H2,(H,16,17). The van der Waals surface area contributed by atoms with E-state index in [-0.39, 0.29) is 17.4 Å². The minimum absolute atomic E-state index is 0.201. The van der Waals surface area contributed by atoms with Crippen molar-refractivity contribution in [1.29, 1.82) is 0 Å². The average Bonchev–Trinajstić information content (AvgIpc) is 2.59. The van der Waals surface area contributed by atoms with Crippen LogP contribution in [0.4, 0.5) is 13.2 Å². The van der Waals surface area contributed by atoms with Gasteiger partial charge in [-0.3, -0.25) is 9.59 Å². The van der Waals surface area contributed by atoms with Gasteiger partial charge in [0.1, 0.15) is 13.1 Å². The summed E-state index contributed by atoms with van der Waals surface area (Å²) in [4.78, 5) is 22.5. The lowest BCUT2D eigenvalue weighted by Gasteiger charge is -2.24. The Bertz CT molecular complexity index is 368. The Labute approximate surface area is 101 Å². The third-order valence-corrected chi connectivity index (χ3v) is 2.44. The molecule has 0 bridgehead atoms. The lowest BCUT2D eigenvalue weighted by molar-refractivity contribution is -0.167. The smallest absolute Gasteiger partial charge is 0.406 e. The quantitative estimate of drug-likeness (QED) is 0.720. The second kappa shape index (κ2) is 5.38. The van der Waals surface area contributed by atoms with E-state index in [1.165, 1.54) is 12.2 Å². The summed E-state index contributed by atoms with van der Waals surface area (Å²) < 4.78 is 36.8. The van der Waals surface area contributed by atoms with Crippen LogP contribution in [0.25, 0.3) is 0 Å². The van der Waals surface area contributed by atoms with E-state index < -0.39 is 37.1 Å². The normalized spacial score (nSPS) is 23.1. The predicted molar refractivity (Wildman–Crippen MR) is 55.5 cm³/mol. The summed E-state index contributed by atoms with van der Waals surface area (Å²) in [6, 6.07) is -0.378. The fourth-order valence-corrected chi connectivity index (χ4v) is 1.74. The molecule has 0 saturated carbocycles. The summed E-state index contributed by atoms with van der Waals surface area (Å²) in [5.74, 6) is -3.13. The Hall–Kier alpha value is -1.57. The number of carbonyl (C=O) groups is 2. The van der Waals surface area contributed by atoms with E-state index in [2.05, 4.69) is 0 Å². The van der Waals surface area contributed by atoms with Gasteiger partial charge in [-0.25, -0.2) is 0 Å². The van der Waals surface area contributed by atoms with Crippen LogP contribution in [0.2, 0.25) is 0 Å². The number of alkyl halides is 3. The maximum atomic E-state index is 12.3. The maximum absolute atomic E-state index is 12.3.